The zero-order valence-corrected chi connectivity index (χ0v) is 25.6. The molecule has 2 aromatic carbocycles. The van der Waals surface area contributed by atoms with E-state index in [0.29, 0.717) is 37.1 Å². The Bertz CT molecular complexity index is 1710. The van der Waals surface area contributed by atoms with Crippen molar-refractivity contribution in [3.63, 3.8) is 0 Å². The molecule has 0 aliphatic carbocycles. The second kappa shape index (κ2) is 14.3. The number of anilines is 1. The Hall–Kier alpha value is -4.77. The lowest BCUT2D eigenvalue weighted by atomic mass is 9.95. The molecule has 1 aliphatic rings. The molecular weight excluding hydrogens is 601 g/mol. The SMILES string of the molecule is CCOC(=O)C1CCCC[C@H](NC(=O)c2cnn(-c3cccc(Cl)c3F)c2)c2cc(ccn2)-c2ccc(CC(=O)OC)cc2N1. The van der Waals surface area contributed by atoms with Crippen LogP contribution in [0, 0.1) is 5.82 Å². The monoisotopic (exact) mass is 633 g/mol. The molecule has 1 aliphatic heterocycles. The Morgan fingerprint density at radius 2 is 1.96 bits per heavy atom. The van der Waals surface area contributed by atoms with Crippen molar-refractivity contribution in [1.29, 1.82) is 0 Å². The normalized spacial score (nSPS) is 16.3. The van der Waals surface area contributed by atoms with Gasteiger partial charge in [-0.3, -0.25) is 14.6 Å². The van der Waals surface area contributed by atoms with E-state index in [2.05, 4.69) is 20.7 Å². The summed E-state index contributed by atoms with van der Waals surface area (Å²) < 4.78 is 26.0. The van der Waals surface area contributed by atoms with Gasteiger partial charge in [-0.15, -0.1) is 0 Å². The molecule has 1 unspecified atom stereocenters. The van der Waals surface area contributed by atoms with Crippen LogP contribution in [0.5, 0.6) is 0 Å². The second-order valence-electron chi connectivity index (χ2n) is 10.6. The Morgan fingerprint density at radius 1 is 1.13 bits per heavy atom. The minimum Gasteiger partial charge on any atom is -0.469 e. The van der Waals surface area contributed by atoms with Crippen LogP contribution >= 0.6 is 11.6 Å². The number of hydrogen-bond acceptors (Lipinski definition) is 8. The standard InChI is InChI=1S/C33H33ClFN5O5/c1-3-45-33(43)26-9-5-4-8-25(39-32(42)22-18-37-40(19-22)29-10-6-7-24(34)31(29)35)28-17-21(13-14-36-28)23-12-11-20(15-27(23)38-26)16-30(41)44-2/h6-7,10-15,17-19,25-26,38H,3-5,8-9,16H2,1-2H3,(H,39,42)/t25-,26?/m0/s1. The van der Waals surface area contributed by atoms with Crippen molar-refractivity contribution in [3.8, 4) is 16.8 Å². The van der Waals surface area contributed by atoms with Gasteiger partial charge in [0.25, 0.3) is 5.91 Å². The number of fused-ring (bicyclic) bond motifs is 4. The van der Waals surface area contributed by atoms with Crippen LogP contribution in [0.1, 0.15) is 60.3 Å². The van der Waals surface area contributed by atoms with Gasteiger partial charge in [0, 0.05) is 23.6 Å². The van der Waals surface area contributed by atoms with Gasteiger partial charge in [-0.2, -0.15) is 5.10 Å². The summed E-state index contributed by atoms with van der Waals surface area (Å²) in [4.78, 5) is 43.0. The number of nitrogens with one attached hydrogen (secondary N) is 2. The molecule has 0 fully saturated rings. The summed E-state index contributed by atoms with van der Waals surface area (Å²) in [5.41, 5.74) is 4.00. The fourth-order valence-corrected chi connectivity index (χ4v) is 5.44. The molecule has 234 valence electrons. The summed E-state index contributed by atoms with van der Waals surface area (Å²) in [6, 6.07) is 12.8. The van der Waals surface area contributed by atoms with Gasteiger partial charge in [-0.25, -0.2) is 13.9 Å². The summed E-state index contributed by atoms with van der Waals surface area (Å²) >= 11 is 5.93. The number of amides is 1. The number of halogens is 2. The molecule has 0 spiro atoms. The molecule has 1 amide bonds. The van der Waals surface area contributed by atoms with Crippen LogP contribution in [-0.2, 0) is 25.5 Å². The first kappa shape index (κ1) is 31.6. The Kier molecular flexibility index (Phi) is 10.1. The van der Waals surface area contributed by atoms with Crippen molar-refractivity contribution >= 4 is 35.1 Å². The van der Waals surface area contributed by atoms with E-state index in [1.807, 2.05) is 30.3 Å². The number of methoxy groups -OCH3 is 1. The minimum atomic E-state index is -0.636. The molecule has 0 radical (unpaired) electrons. The molecule has 0 saturated carbocycles. The van der Waals surface area contributed by atoms with Crippen molar-refractivity contribution in [2.24, 2.45) is 0 Å². The third-order valence-electron chi connectivity index (χ3n) is 7.57. The smallest absolute Gasteiger partial charge is 0.328 e. The third kappa shape index (κ3) is 7.49. The summed E-state index contributed by atoms with van der Waals surface area (Å²) in [7, 11) is 1.34. The largest absolute Gasteiger partial charge is 0.469 e. The van der Waals surface area contributed by atoms with Crippen molar-refractivity contribution in [2.45, 2.75) is 51.1 Å². The molecule has 2 N–H and O–H groups in total. The first-order chi connectivity index (χ1) is 21.8. The molecule has 5 rings (SSSR count). The van der Waals surface area contributed by atoms with E-state index in [-0.39, 0.29) is 41.2 Å². The molecule has 12 heteroatoms. The fourth-order valence-electron chi connectivity index (χ4n) is 5.27. The molecule has 45 heavy (non-hydrogen) atoms. The number of carbonyl (C=O) groups is 3. The summed E-state index contributed by atoms with van der Waals surface area (Å²) in [6.07, 6.45) is 6.94. The summed E-state index contributed by atoms with van der Waals surface area (Å²) in [6.45, 7) is 2.01. The summed E-state index contributed by atoms with van der Waals surface area (Å²) in [5.74, 6) is -1.78. The predicted octanol–water partition coefficient (Wildman–Crippen LogP) is 5.83. The second-order valence-corrected chi connectivity index (χ2v) is 11.0. The highest BCUT2D eigenvalue weighted by atomic mass is 35.5. The van der Waals surface area contributed by atoms with Gasteiger partial charge in [0.05, 0.1) is 48.7 Å². The zero-order chi connectivity index (χ0) is 31.9. The maximum Gasteiger partial charge on any atom is 0.328 e. The lowest BCUT2D eigenvalue weighted by Crippen LogP contribution is -2.32. The summed E-state index contributed by atoms with van der Waals surface area (Å²) in [5, 5.41) is 10.6. The molecule has 0 saturated heterocycles. The van der Waals surface area contributed by atoms with E-state index in [1.54, 1.807) is 19.2 Å². The van der Waals surface area contributed by atoms with E-state index < -0.39 is 23.8 Å². The van der Waals surface area contributed by atoms with Crippen LogP contribution in [-0.4, -0.2) is 52.4 Å². The van der Waals surface area contributed by atoms with E-state index in [1.165, 1.54) is 36.3 Å². The highest BCUT2D eigenvalue weighted by Gasteiger charge is 2.25. The van der Waals surface area contributed by atoms with Crippen LogP contribution in [0.4, 0.5) is 10.1 Å². The van der Waals surface area contributed by atoms with Gasteiger partial charge in [-0.1, -0.05) is 42.6 Å². The molecule has 3 heterocycles. The van der Waals surface area contributed by atoms with Crippen molar-refractivity contribution in [3.05, 3.63) is 94.8 Å². The van der Waals surface area contributed by atoms with Crippen LogP contribution < -0.4 is 10.6 Å². The Labute approximate surface area is 264 Å². The molecule has 2 atom stereocenters. The average molecular weight is 634 g/mol. The van der Waals surface area contributed by atoms with Gasteiger partial charge < -0.3 is 20.1 Å². The maximum absolute atomic E-state index is 14.6. The molecule has 10 nitrogen and oxygen atoms in total. The minimum absolute atomic E-state index is 0.0464. The van der Waals surface area contributed by atoms with Gasteiger partial charge >= 0.3 is 11.9 Å². The number of nitrogens with zero attached hydrogens (tertiary/aromatic N) is 3. The number of carbonyl (C=O) groups excluding carboxylic acids is 3. The quantitative estimate of drug-likeness (QED) is 0.244. The van der Waals surface area contributed by atoms with E-state index in [0.717, 1.165) is 16.7 Å². The first-order valence-electron chi connectivity index (χ1n) is 14.7. The van der Waals surface area contributed by atoms with Crippen LogP contribution in [0.3, 0.4) is 0 Å². The highest BCUT2D eigenvalue weighted by molar-refractivity contribution is 6.30. The number of rotatable bonds is 7. The highest BCUT2D eigenvalue weighted by Crippen LogP contribution is 2.33. The topological polar surface area (TPSA) is 124 Å². The van der Waals surface area contributed by atoms with Gasteiger partial charge in [0.2, 0.25) is 0 Å². The van der Waals surface area contributed by atoms with Crippen molar-refractivity contribution < 1.29 is 28.2 Å². The number of pyridine rings is 1. The maximum atomic E-state index is 14.6. The Morgan fingerprint density at radius 3 is 2.76 bits per heavy atom. The number of ether oxygens (including phenoxy) is 2. The van der Waals surface area contributed by atoms with Crippen LogP contribution in [0.15, 0.2) is 67.1 Å². The zero-order valence-electron chi connectivity index (χ0n) is 24.9. The lowest BCUT2D eigenvalue weighted by Gasteiger charge is -2.24. The number of aromatic nitrogens is 3. The van der Waals surface area contributed by atoms with E-state index in [4.69, 9.17) is 21.1 Å². The molecule has 2 aromatic heterocycles. The van der Waals surface area contributed by atoms with Crippen molar-refractivity contribution in [2.75, 3.05) is 19.0 Å². The van der Waals surface area contributed by atoms with Gasteiger partial charge in [0.15, 0.2) is 5.82 Å². The average Bonchev–Trinajstić information content (AvgIpc) is 3.53. The van der Waals surface area contributed by atoms with Gasteiger partial charge in [-0.05, 0) is 61.2 Å². The van der Waals surface area contributed by atoms with E-state index >= 15 is 0 Å². The van der Waals surface area contributed by atoms with E-state index in [9.17, 15) is 18.8 Å². The third-order valence-corrected chi connectivity index (χ3v) is 7.87. The van der Waals surface area contributed by atoms with Crippen LogP contribution in [0.25, 0.3) is 16.8 Å². The number of hydrogen-bond donors (Lipinski definition) is 2. The van der Waals surface area contributed by atoms with Crippen LogP contribution in [0.2, 0.25) is 5.02 Å². The first-order valence-corrected chi connectivity index (χ1v) is 15.0. The van der Waals surface area contributed by atoms with Crippen molar-refractivity contribution in [1.82, 2.24) is 20.1 Å². The lowest BCUT2D eigenvalue weighted by molar-refractivity contribution is -0.144. The fraction of sp³-hybridized carbons (Fsp3) is 0.303. The molecular formula is C33H33ClFN5O5. The predicted molar refractivity (Wildman–Crippen MR) is 167 cm³/mol. The number of esters is 2. The number of benzene rings is 2. The molecule has 2 bridgehead atoms. The van der Waals surface area contributed by atoms with Gasteiger partial charge in [0.1, 0.15) is 11.7 Å². The molecule has 4 aromatic rings. The Balaban J connectivity index is 1.46.